The molecule has 1 aromatic carbocycles. The van der Waals surface area contributed by atoms with Crippen LogP contribution < -0.4 is 10.5 Å². The summed E-state index contributed by atoms with van der Waals surface area (Å²) in [7, 11) is -1.68. The van der Waals surface area contributed by atoms with Gasteiger partial charge in [0.2, 0.25) is 0 Å². The minimum absolute atomic E-state index is 0.456. The summed E-state index contributed by atoms with van der Waals surface area (Å²) in [5, 5.41) is -0.692. The smallest absolute Gasteiger partial charge is 0.155 e. The summed E-state index contributed by atoms with van der Waals surface area (Å²) in [6, 6.07) is 6.52. The molecule has 0 aliphatic carbocycles. The molecule has 2 N–H and O–H groups in total. The maximum atomic E-state index is 11.7. The van der Waals surface area contributed by atoms with Crippen molar-refractivity contribution >= 4 is 9.84 Å². The number of ether oxygens (including phenoxy) is 1. The second-order valence-electron chi connectivity index (χ2n) is 3.89. The molecule has 1 aromatic rings. The predicted octanol–water partition coefficient (Wildman–Crippen LogP) is 1.13. The van der Waals surface area contributed by atoms with Gasteiger partial charge in [0.1, 0.15) is 11.0 Å². The largest absolute Gasteiger partial charge is 0.497 e. The number of benzene rings is 1. The molecule has 0 heterocycles. The normalized spacial score (nSPS) is 15.5. The van der Waals surface area contributed by atoms with Crippen molar-refractivity contribution in [2.75, 3.05) is 13.4 Å². The van der Waals surface area contributed by atoms with Gasteiger partial charge < -0.3 is 10.5 Å². The third kappa shape index (κ3) is 2.96. The molecule has 5 heteroatoms. The van der Waals surface area contributed by atoms with Gasteiger partial charge in [-0.1, -0.05) is 12.1 Å². The van der Waals surface area contributed by atoms with Crippen LogP contribution in [-0.4, -0.2) is 27.8 Å². The van der Waals surface area contributed by atoms with Crippen LogP contribution in [0.5, 0.6) is 5.75 Å². The number of methoxy groups -OCH3 is 1. The number of nitrogens with two attached hydrogens (primary N) is 1. The molecule has 0 aliphatic rings. The van der Waals surface area contributed by atoms with Crippen LogP contribution >= 0.6 is 0 Å². The van der Waals surface area contributed by atoms with Crippen LogP contribution in [0.1, 0.15) is 17.7 Å². The third-order valence-corrected chi connectivity index (χ3v) is 3.99. The lowest BCUT2D eigenvalue weighted by Gasteiger charge is -2.19. The van der Waals surface area contributed by atoms with Crippen LogP contribution in [0.25, 0.3) is 0 Å². The first-order valence-electron chi connectivity index (χ1n) is 4.94. The van der Waals surface area contributed by atoms with E-state index in [2.05, 4.69) is 0 Å². The fraction of sp³-hybridized carbons (Fsp3) is 0.455. The third-order valence-electron chi connectivity index (χ3n) is 2.36. The summed E-state index contributed by atoms with van der Waals surface area (Å²) in [6.07, 6.45) is 1.19. The minimum atomic E-state index is -3.22. The summed E-state index contributed by atoms with van der Waals surface area (Å²) in [6.45, 7) is 1.69. The second-order valence-corrected chi connectivity index (χ2v) is 6.05. The highest BCUT2D eigenvalue weighted by molar-refractivity contribution is 7.91. The highest BCUT2D eigenvalue weighted by Crippen LogP contribution is 2.27. The van der Waals surface area contributed by atoms with Gasteiger partial charge in [0.25, 0.3) is 0 Å². The zero-order valence-corrected chi connectivity index (χ0v) is 10.5. The fourth-order valence-electron chi connectivity index (χ4n) is 1.76. The SMILES string of the molecule is COc1cccc(C(C(C)N)S(C)(=O)=O)c1. The highest BCUT2D eigenvalue weighted by Gasteiger charge is 2.26. The molecule has 16 heavy (non-hydrogen) atoms. The Balaban J connectivity index is 3.22. The van der Waals surface area contributed by atoms with E-state index in [0.717, 1.165) is 0 Å². The Bertz CT molecular complexity index is 454. The van der Waals surface area contributed by atoms with E-state index < -0.39 is 21.1 Å². The molecule has 0 saturated heterocycles. The van der Waals surface area contributed by atoms with Crippen LogP contribution in [-0.2, 0) is 9.84 Å². The van der Waals surface area contributed by atoms with Crippen molar-refractivity contribution in [3.05, 3.63) is 29.8 Å². The van der Waals surface area contributed by atoms with Crippen LogP contribution in [0.2, 0.25) is 0 Å². The van der Waals surface area contributed by atoms with Crippen molar-refractivity contribution < 1.29 is 13.2 Å². The number of sulfone groups is 1. The van der Waals surface area contributed by atoms with Crippen LogP contribution in [0.15, 0.2) is 24.3 Å². The van der Waals surface area contributed by atoms with Gasteiger partial charge >= 0.3 is 0 Å². The van der Waals surface area contributed by atoms with Crippen molar-refractivity contribution in [3.8, 4) is 5.75 Å². The second kappa shape index (κ2) is 4.84. The molecule has 0 radical (unpaired) electrons. The predicted molar refractivity (Wildman–Crippen MR) is 64.2 cm³/mol. The lowest BCUT2D eigenvalue weighted by molar-refractivity contribution is 0.414. The Hall–Kier alpha value is -1.07. The Morgan fingerprint density at radius 3 is 2.44 bits per heavy atom. The molecule has 0 bridgehead atoms. The van der Waals surface area contributed by atoms with Crippen molar-refractivity contribution in [2.45, 2.75) is 18.2 Å². The van der Waals surface area contributed by atoms with Crippen LogP contribution in [0.3, 0.4) is 0 Å². The zero-order chi connectivity index (χ0) is 12.3. The monoisotopic (exact) mass is 243 g/mol. The van der Waals surface area contributed by atoms with Gasteiger partial charge in [-0.25, -0.2) is 8.42 Å². The lowest BCUT2D eigenvalue weighted by atomic mass is 10.1. The number of rotatable bonds is 4. The number of hydrogen-bond acceptors (Lipinski definition) is 4. The zero-order valence-electron chi connectivity index (χ0n) is 9.67. The fourth-order valence-corrected chi connectivity index (χ4v) is 3.18. The quantitative estimate of drug-likeness (QED) is 0.860. The van der Waals surface area contributed by atoms with E-state index in [9.17, 15) is 8.42 Å². The van der Waals surface area contributed by atoms with Gasteiger partial charge in [0, 0.05) is 12.3 Å². The molecule has 0 aromatic heterocycles. The van der Waals surface area contributed by atoms with Gasteiger partial charge in [-0.05, 0) is 24.6 Å². The maximum absolute atomic E-state index is 11.7. The molecule has 1 rings (SSSR count). The van der Waals surface area contributed by atoms with E-state index in [4.69, 9.17) is 10.5 Å². The van der Waals surface area contributed by atoms with E-state index in [-0.39, 0.29) is 0 Å². The van der Waals surface area contributed by atoms with Crippen molar-refractivity contribution in [1.82, 2.24) is 0 Å². The highest BCUT2D eigenvalue weighted by atomic mass is 32.2. The summed E-state index contributed by atoms with van der Waals surface area (Å²) in [4.78, 5) is 0. The molecule has 0 spiro atoms. The molecular weight excluding hydrogens is 226 g/mol. The summed E-state index contributed by atoms with van der Waals surface area (Å²) in [5.74, 6) is 0.631. The molecule has 4 nitrogen and oxygen atoms in total. The van der Waals surface area contributed by atoms with E-state index in [1.165, 1.54) is 6.26 Å². The molecule has 0 amide bonds. The Kier molecular flexibility index (Phi) is 3.93. The van der Waals surface area contributed by atoms with E-state index >= 15 is 0 Å². The van der Waals surface area contributed by atoms with Crippen molar-refractivity contribution in [2.24, 2.45) is 5.73 Å². The molecule has 0 fully saturated rings. The van der Waals surface area contributed by atoms with E-state index in [0.29, 0.717) is 11.3 Å². The van der Waals surface area contributed by atoms with Gasteiger partial charge in [-0.3, -0.25) is 0 Å². The minimum Gasteiger partial charge on any atom is -0.497 e. The molecule has 90 valence electrons. The standard InChI is InChI=1S/C11H17NO3S/c1-8(12)11(16(3,13)14)9-5-4-6-10(7-9)15-2/h4-8,11H,12H2,1-3H3. The van der Waals surface area contributed by atoms with Gasteiger partial charge in [0.15, 0.2) is 9.84 Å². The first-order valence-corrected chi connectivity index (χ1v) is 6.90. The molecule has 2 atom stereocenters. The summed E-state index contributed by atoms with van der Waals surface area (Å²) >= 11 is 0. The summed E-state index contributed by atoms with van der Waals surface area (Å²) < 4.78 is 28.4. The van der Waals surface area contributed by atoms with Crippen LogP contribution in [0.4, 0.5) is 0 Å². The average molecular weight is 243 g/mol. The van der Waals surface area contributed by atoms with E-state index in [1.807, 2.05) is 0 Å². The first kappa shape index (κ1) is 13.0. The van der Waals surface area contributed by atoms with Gasteiger partial charge in [-0.2, -0.15) is 0 Å². The Morgan fingerprint density at radius 2 is 2.00 bits per heavy atom. The molecular formula is C11H17NO3S. The molecule has 0 aliphatic heterocycles. The van der Waals surface area contributed by atoms with Crippen molar-refractivity contribution in [1.29, 1.82) is 0 Å². The Labute approximate surface area is 96.3 Å². The van der Waals surface area contributed by atoms with Gasteiger partial charge in [0.05, 0.1) is 7.11 Å². The average Bonchev–Trinajstić information content (AvgIpc) is 2.15. The lowest BCUT2D eigenvalue weighted by Crippen LogP contribution is -2.30. The van der Waals surface area contributed by atoms with E-state index in [1.54, 1.807) is 38.3 Å². The topological polar surface area (TPSA) is 69.4 Å². The van der Waals surface area contributed by atoms with Crippen molar-refractivity contribution in [3.63, 3.8) is 0 Å². The summed E-state index contributed by atoms with van der Waals surface area (Å²) in [5.41, 5.74) is 6.39. The molecule has 0 saturated carbocycles. The van der Waals surface area contributed by atoms with Gasteiger partial charge in [-0.15, -0.1) is 0 Å². The first-order chi connectivity index (χ1) is 7.36. The molecule has 2 unspecified atom stereocenters. The van der Waals surface area contributed by atoms with Crippen LogP contribution in [0, 0.1) is 0 Å². The Morgan fingerprint density at radius 1 is 1.38 bits per heavy atom. The number of hydrogen-bond donors (Lipinski definition) is 1. The maximum Gasteiger partial charge on any atom is 0.155 e.